The number of halogens is 1. The van der Waals surface area contributed by atoms with Crippen LogP contribution in [-0.2, 0) is 19.3 Å². The Morgan fingerprint density at radius 2 is 2.18 bits per heavy atom. The molecule has 0 amide bonds. The van der Waals surface area contributed by atoms with E-state index in [-0.39, 0.29) is 0 Å². The average Bonchev–Trinajstić information content (AvgIpc) is 2.96. The van der Waals surface area contributed by atoms with Gasteiger partial charge >= 0.3 is 0 Å². The zero-order chi connectivity index (χ0) is 15.7. The van der Waals surface area contributed by atoms with E-state index in [9.17, 15) is 4.39 Å². The highest BCUT2D eigenvalue weighted by Gasteiger charge is 2.21. The minimum Gasteiger partial charge on any atom is -0.274 e. The van der Waals surface area contributed by atoms with Gasteiger partial charge in [0.2, 0.25) is 0 Å². The summed E-state index contributed by atoms with van der Waals surface area (Å²) in [6, 6.07) is 0. The van der Waals surface area contributed by atoms with Crippen LogP contribution in [0.3, 0.4) is 0 Å². The number of allylic oxidation sites excluding steroid dienone is 4. The second kappa shape index (κ2) is 6.01. The predicted molar refractivity (Wildman–Crippen MR) is 88.2 cm³/mol. The third kappa shape index (κ3) is 2.81. The van der Waals surface area contributed by atoms with Crippen LogP contribution in [0.5, 0.6) is 0 Å². The highest BCUT2D eigenvalue weighted by molar-refractivity contribution is 7.12. The number of rotatable bonds is 4. The van der Waals surface area contributed by atoms with Crippen molar-refractivity contribution in [2.24, 2.45) is 0 Å². The van der Waals surface area contributed by atoms with Crippen molar-refractivity contribution in [1.29, 1.82) is 0 Å². The monoisotopic (exact) mass is 315 g/mol. The molecule has 0 aliphatic carbocycles. The first kappa shape index (κ1) is 14.9. The minimum atomic E-state index is -0.449. The maximum Gasteiger partial charge on any atom is 0.138 e. The summed E-state index contributed by atoms with van der Waals surface area (Å²) < 4.78 is 14.9. The molecule has 1 aliphatic heterocycles. The van der Waals surface area contributed by atoms with Crippen molar-refractivity contribution < 1.29 is 4.39 Å². The van der Waals surface area contributed by atoms with Crippen molar-refractivity contribution in [1.82, 2.24) is 14.8 Å². The zero-order valence-electron chi connectivity index (χ0n) is 12.6. The molecule has 3 heterocycles. The molecule has 0 atom stereocenters. The second-order valence-electron chi connectivity index (χ2n) is 5.51. The van der Waals surface area contributed by atoms with Gasteiger partial charge < -0.3 is 0 Å². The van der Waals surface area contributed by atoms with Crippen LogP contribution < -0.4 is 0 Å². The van der Waals surface area contributed by atoms with E-state index in [1.54, 1.807) is 17.4 Å². The molecule has 22 heavy (non-hydrogen) atoms. The van der Waals surface area contributed by atoms with Crippen LogP contribution in [0.2, 0.25) is 0 Å². The molecule has 5 heteroatoms. The molecular formula is C17H18FN3S. The van der Waals surface area contributed by atoms with Gasteiger partial charge in [-0.3, -0.25) is 4.57 Å². The van der Waals surface area contributed by atoms with E-state index >= 15 is 0 Å². The van der Waals surface area contributed by atoms with Crippen molar-refractivity contribution >= 4 is 11.3 Å². The molecule has 0 aromatic carbocycles. The van der Waals surface area contributed by atoms with Gasteiger partial charge in [-0.05, 0) is 48.8 Å². The second-order valence-corrected chi connectivity index (χ2v) is 6.37. The van der Waals surface area contributed by atoms with Crippen LogP contribution in [0.4, 0.5) is 4.39 Å². The lowest BCUT2D eigenvalue weighted by Crippen LogP contribution is -2.00. The molecule has 0 spiro atoms. The number of hydrogen-bond donors (Lipinski definition) is 0. The molecule has 0 saturated heterocycles. The highest BCUT2D eigenvalue weighted by atomic mass is 32.1. The SMILES string of the molecule is C=C(F)/C=C\C(=C)Cc1csc2c1CCCc1nnc(C)n1-2. The largest absolute Gasteiger partial charge is 0.274 e. The summed E-state index contributed by atoms with van der Waals surface area (Å²) in [4.78, 5) is 0. The van der Waals surface area contributed by atoms with Crippen LogP contribution in [0, 0.1) is 6.92 Å². The Bertz CT molecular complexity index is 767. The fraction of sp³-hybridized carbons (Fsp3) is 0.294. The summed E-state index contributed by atoms with van der Waals surface area (Å²) in [6.45, 7) is 9.22. The van der Waals surface area contributed by atoms with Gasteiger partial charge in [-0.2, -0.15) is 0 Å². The van der Waals surface area contributed by atoms with Crippen molar-refractivity contribution in [3.8, 4) is 5.00 Å². The van der Waals surface area contributed by atoms with E-state index < -0.39 is 5.83 Å². The summed E-state index contributed by atoms with van der Waals surface area (Å²) in [6.07, 6.45) is 6.83. The molecule has 1 aliphatic rings. The van der Waals surface area contributed by atoms with E-state index in [1.165, 1.54) is 22.2 Å². The fourth-order valence-electron chi connectivity index (χ4n) is 2.78. The Hall–Kier alpha value is -2.01. The van der Waals surface area contributed by atoms with Gasteiger partial charge in [0.1, 0.15) is 22.5 Å². The summed E-state index contributed by atoms with van der Waals surface area (Å²) in [5, 5.41) is 11.9. The maximum atomic E-state index is 12.7. The fourth-order valence-corrected chi connectivity index (χ4v) is 3.98. The van der Waals surface area contributed by atoms with Gasteiger partial charge in [-0.25, -0.2) is 4.39 Å². The zero-order valence-corrected chi connectivity index (χ0v) is 13.4. The van der Waals surface area contributed by atoms with Gasteiger partial charge in [0.05, 0.1) is 0 Å². The normalized spacial score (nSPS) is 13.7. The number of hydrogen-bond acceptors (Lipinski definition) is 3. The van der Waals surface area contributed by atoms with Crippen LogP contribution in [0.25, 0.3) is 5.00 Å². The third-order valence-electron chi connectivity index (χ3n) is 3.80. The first-order valence-corrected chi connectivity index (χ1v) is 8.15. The first-order chi connectivity index (χ1) is 10.6. The lowest BCUT2D eigenvalue weighted by molar-refractivity contribution is 0.671. The maximum absolute atomic E-state index is 12.7. The lowest BCUT2D eigenvalue weighted by atomic mass is 10.0. The number of fused-ring (bicyclic) bond motifs is 3. The summed E-state index contributed by atoms with van der Waals surface area (Å²) in [5.41, 5.74) is 3.49. The van der Waals surface area contributed by atoms with E-state index in [0.29, 0.717) is 0 Å². The average molecular weight is 315 g/mol. The predicted octanol–water partition coefficient (Wildman–Crippen LogP) is 4.26. The molecule has 0 saturated carbocycles. The molecule has 114 valence electrons. The van der Waals surface area contributed by atoms with Crippen LogP contribution in [0.1, 0.15) is 29.2 Å². The Labute approximate surface area is 133 Å². The Kier molecular flexibility index (Phi) is 4.07. The van der Waals surface area contributed by atoms with Crippen molar-refractivity contribution in [2.75, 3.05) is 0 Å². The van der Waals surface area contributed by atoms with Gasteiger partial charge in [-0.1, -0.05) is 24.8 Å². The van der Waals surface area contributed by atoms with E-state index in [0.717, 1.165) is 42.9 Å². The van der Waals surface area contributed by atoms with Crippen molar-refractivity contribution in [2.45, 2.75) is 32.6 Å². The first-order valence-electron chi connectivity index (χ1n) is 7.27. The number of aryl methyl sites for hydroxylation is 2. The summed E-state index contributed by atoms with van der Waals surface area (Å²) in [5.74, 6) is 1.52. The smallest absolute Gasteiger partial charge is 0.138 e. The van der Waals surface area contributed by atoms with E-state index in [1.807, 2.05) is 6.92 Å². The number of nitrogens with zero attached hydrogens (tertiary/aromatic N) is 3. The number of aromatic nitrogens is 3. The van der Waals surface area contributed by atoms with Gasteiger partial charge in [0, 0.05) is 6.42 Å². The van der Waals surface area contributed by atoms with Gasteiger partial charge in [-0.15, -0.1) is 21.5 Å². The van der Waals surface area contributed by atoms with Gasteiger partial charge in [0.15, 0.2) is 0 Å². The Morgan fingerprint density at radius 3 is 2.95 bits per heavy atom. The Balaban J connectivity index is 1.92. The van der Waals surface area contributed by atoms with E-state index in [2.05, 4.69) is 33.3 Å². The molecular weight excluding hydrogens is 297 g/mol. The quantitative estimate of drug-likeness (QED) is 0.789. The lowest BCUT2D eigenvalue weighted by Gasteiger charge is -2.07. The highest BCUT2D eigenvalue weighted by Crippen LogP contribution is 2.33. The molecule has 2 aromatic heterocycles. The molecule has 0 unspecified atom stereocenters. The molecule has 2 aromatic rings. The van der Waals surface area contributed by atoms with Crippen LogP contribution >= 0.6 is 11.3 Å². The third-order valence-corrected chi connectivity index (χ3v) is 4.85. The summed E-state index contributed by atoms with van der Waals surface area (Å²) in [7, 11) is 0. The molecule has 3 rings (SSSR count). The molecule has 0 radical (unpaired) electrons. The molecule has 0 fully saturated rings. The molecule has 0 bridgehead atoms. The van der Waals surface area contributed by atoms with Gasteiger partial charge in [0.25, 0.3) is 0 Å². The van der Waals surface area contributed by atoms with Crippen molar-refractivity contribution in [3.05, 3.63) is 64.9 Å². The minimum absolute atomic E-state index is 0.449. The van der Waals surface area contributed by atoms with E-state index in [4.69, 9.17) is 0 Å². The molecule has 0 N–H and O–H groups in total. The standard InChI is InChI=1S/C17H18FN3S/c1-11(7-8-12(2)18)9-14-10-22-17-15(14)5-4-6-16-20-19-13(3)21(16)17/h7-8,10H,1-2,4-6,9H2,3H3/b8-7-. The van der Waals surface area contributed by atoms with Crippen molar-refractivity contribution in [3.63, 3.8) is 0 Å². The Morgan fingerprint density at radius 1 is 1.36 bits per heavy atom. The summed E-state index contributed by atoms with van der Waals surface area (Å²) >= 11 is 1.72. The number of thiophene rings is 1. The van der Waals surface area contributed by atoms with Crippen LogP contribution in [-0.4, -0.2) is 14.8 Å². The molecule has 3 nitrogen and oxygen atoms in total. The topological polar surface area (TPSA) is 30.7 Å². The van der Waals surface area contributed by atoms with Crippen LogP contribution in [0.15, 0.2) is 42.1 Å².